The number of H-pyrrole nitrogens is 1. The van der Waals surface area contributed by atoms with E-state index in [9.17, 15) is 24.3 Å². The normalized spacial score (nSPS) is 30.8. The minimum atomic E-state index is -0.449. The SMILES string of the molecule is CCOC(=O)c1ccc(N2C(=O)[C@H]3[C@@H]4C[C@H]([C@@H]3C2=O)[C@H]2[C@H](c3ccccc3O)c3sc(=O)[nH]c3S[C@H]42)cc1. The first-order valence-corrected chi connectivity index (χ1v) is 14.4. The lowest BCUT2D eigenvalue weighted by molar-refractivity contribution is -0.123. The molecule has 3 fully saturated rings. The van der Waals surface area contributed by atoms with Gasteiger partial charge in [0.25, 0.3) is 0 Å². The number of aromatic hydroxyl groups is 1. The van der Waals surface area contributed by atoms with Crippen LogP contribution in [0, 0.1) is 29.6 Å². The Labute approximate surface area is 226 Å². The summed E-state index contributed by atoms with van der Waals surface area (Å²) >= 11 is 2.78. The predicted octanol–water partition coefficient (Wildman–Crippen LogP) is 4.00. The fraction of sp³-hybridized carbons (Fsp3) is 0.357. The van der Waals surface area contributed by atoms with Crippen LogP contribution in [0.4, 0.5) is 5.69 Å². The van der Waals surface area contributed by atoms with Gasteiger partial charge in [-0.05, 0) is 61.4 Å². The highest BCUT2D eigenvalue weighted by molar-refractivity contribution is 8.00. The van der Waals surface area contributed by atoms with Gasteiger partial charge in [0.2, 0.25) is 11.8 Å². The molecule has 3 aromatic rings. The average Bonchev–Trinajstić information content (AvgIpc) is 3.64. The lowest BCUT2D eigenvalue weighted by Gasteiger charge is -2.43. The van der Waals surface area contributed by atoms with E-state index in [0.29, 0.717) is 11.3 Å². The third-order valence-electron chi connectivity index (χ3n) is 8.63. The van der Waals surface area contributed by atoms with E-state index >= 15 is 0 Å². The van der Waals surface area contributed by atoms with E-state index in [4.69, 9.17) is 4.74 Å². The molecule has 7 rings (SSSR count). The van der Waals surface area contributed by atoms with Crippen molar-refractivity contribution in [3.05, 3.63) is 74.2 Å². The molecule has 0 unspecified atom stereocenters. The smallest absolute Gasteiger partial charge is 0.338 e. The number of amides is 2. The second-order valence-corrected chi connectivity index (χ2v) is 12.5. The number of thioether (sulfide) groups is 1. The van der Waals surface area contributed by atoms with Crippen molar-refractivity contribution in [3.63, 3.8) is 0 Å². The Morgan fingerprint density at radius 1 is 1.05 bits per heavy atom. The van der Waals surface area contributed by atoms with E-state index < -0.39 is 17.8 Å². The largest absolute Gasteiger partial charge is 0.508 e. The fourth-order valence-corrected chi connectivity index (χ4v) is 10.2. The molecular weight excluding hydrogens is 524 g/mol. The monoisotopic (exact) mass is 548 g/mol. The first-order valence-electron chi connectivity index (χ1n) is 12.7. The number of rotatable bonds is 4. The van der Waals surface area contributed by atoms with E-state index in [0.717, 1.165) is 21.9 Å². The summed E-state index contributed by atoms with van der Waals surface area (Å²) in [6.45, 7) is 2.00. The summed E-state index contributed by atoms with van der Waals surface area (Å²) in [6.07, 6.45) is 0.772. The molecule has 2 aliphatic carbocycles. The molecule has 10 heteroatoms. The number of aromatic amines is 1. The van der Waals surface area contributed by atoms with Gasteiger partial charge in [0, 0.05) is 21.6 Å². The summed E-state index contributed by atoms with van der Waals surface area (Å²) in [5.74, 6) is -1.79. The van der Waals surface area contributed by atoms with Crippen LogP contribution in [-0.4, -0.2) is 39.7 Å². The zero-order valence-corrected chi connectivity index (χ0v) is 22.0. The van der Waals surface area contributed by atoms with Gasteiger partial charge in [0.15, 0.2) is 0 Å². The minimum Gasteiger partial charge on any atom is -0.508 e. The van der Waals surface area contributed by atoms with Gasteiger partial charge in [0.05, 0.1) is 34.7 Å². The van der Waals surface area contributed by atoms with Gasteiger partial charge in [0.1, 0.15) is 5.75 Å². The van der Waals surface area contributed by atoms with Crippen molar-refractivity contribution < 1.29 is 24.2 Å². The van der Waals surface area contributed by atoms with Crippen molar-refractivity contribution in [2.45, 2.75) is 29.5 Å². The third kappa shape index (κ3) is 3.22. The Kier molecular flexibility index (Phi) is 5.35. The molecule has 3 heterocycles. The fourth-order valence-electron chi connectivity index (χ4n) is 7.33. The molecule has 1 saturated heterocycles. The molecule has 0 radical (unpaired) electrons. The van der Waals surface area contributed by atoms with E-state index in [-0.39, 0.29) is 58.0 Å². The van der Waals surface area contributed by atoms with Crippen LogP contribution in [0.25, 0.3) is 0 Å². The molecule has 2 bridgehead atoms. The number of nitrogens with one attached hydrogen (secondary N) is 1. The van der Waals surface area contributed by atoms with E-state index in [2.05, 4.69) is 4.98 Å². The zero-order chi connectivity index (χ0) is 26.3. The van der Waals surface area contributed by atoms with Crippen molar-refractivity contribution in [1.29, 1.82) is 0 Å². The molecule has 194 valence electrons. The number of phenols is 1. The van der Waals surface area contributed by atoms with Crippen LogP contribution in [0.15, 0.2) is 58.4 Å². The van der Waals surface area contributed by atoms with Gasteiger partial charge in [-0.2, -0.15) is 0 Å². The minimum absolute atomic E-state index is 0.00911. The maximum Gasteiger partial charge on any atom is 0.338 e. The van der Waals surface area contributed by atoms with E-state index in [1.54, 1.807) is 55.1 Å². The second-order valence-electron chi connectivity index (χ2n) is 10.3. The van der Waals surface area contributed by atoms with Gasteiger partial charge >= 0.3 is 10.8 Å². The Morgan fingerprint density at radius 2 is 1.76 bits per heavy atom. The van der Waals surface area contributed by atoms with Crippen LogP contribution in [-0.2, 0) is 14.3 Å². The summed E-state index contributed by atoms with van der Waals surface area (Å²) in [5.41, 5.74) is 1.58. The predicted molar refractivity (Wildman–Crippen MR) is 141 cm³/mol. The van der Waals surface area contributed by atoms with Crippen molar-refractivity contribution in [3.8, 4) is 5.75 Å². The number of ether oxygens (including phenoxy) is 1. The Hall–Kier alpha value is -3.37. The van der Waals surface area contributed by atoms with Crippen LogP contribution in [0.3, 0.4) is 0 Å². The van der Waals surface area contributed by atoms with Crippen LogP contribution in [0.5, 0.6) is 5.75 Å². The van der Waals surface area contributed by atoms with Crippen molar-refractivity contribution >= 4 is 46.6 Å². The topological polar surface area (TPSA) is 117 Å². The number of phenolic OH excluding ortho intramolecular Hbond substituents is 1. The summed E-state index contributed by atoms with van der Waals surface area (Å²) in [7, 11) is 0. The van der Waals surface area contributed by atoms with Crippen molar-refractivity contribution in [2.24, 2.45) is 29.6 Å². The Balaban J connectivity index is 1.26. The molecule has 38 heavy (non-hydrogen) atoms. The zero-order valence-electron chi connectivity index (χ0n) is 20.3. The molecule has 2 aromatic carbocycles. The number of aromatic nitrogens is 1. The maximum absolute atomic E-state index is 13.8. The Bertz CT molecular complexity index is 1550. The third-order valence-corrected chi connectivity index (χ3v) is 11.2. The number of imide groups is 1. The highest BCUT2D eigenvalue weighted by Gasteiger charge is 2.69. The first kappa shape index (κ1) is 23.7. The average molecular weight is 549 g/mol. The molecule has 2 aliphatic heterocycles. The number of esters is 1. The number of benzene rings is 2. The molecule has 0 spiro atoms. The standard InChI is InChI=1S/C28H24N2O6S2/c1-2-36-27(34)12-7-9-13(10-8-12)30-25(32)20-15-11-16(21(20)26(30)33)22-19(15)18(14-5-3-4-6-17(14)31)23-24(37-22)29-28(35)38-23/h3-10,15-16,18-22,31H,2,11H2,1H3,(H,29,35)/t15-,16-,18-,19-,20-,21-,22+/m0/s1. The van der Waals surface area contributed by atoms with Crippen molar-refractivity contribution in [2.75, 3.05) is 11.5 Å². The number of nitrogens with zero attached hydrogens (tertiary/aromatic N) is 1. The number of thiazole rings is 1. The van der Waals surface area contributed by atoms with Crippen LogP contribution < -0.4 is 9.77 Å². The van der Waals surface area contributed by atoms with Gasteiger partial charge < -0.3 is 14.8 Å². The van der Waals surface area contributed by atoms with E-state index in [1.165, 1.54) is 16.2 Å². The summed E-state index contributed by atoms with van der Waals surface area (Å²) in [5, 5.41) is 11.7. The van der Waals surface area contributed by atoms with Gasteiger partial charge in [-0.15, -0.1) is 11.8 Å². The molecule has 4 aliphatic rings. The first-order chi connectivity index (χ1) is 18.4. The number of hydrogen-bond acceptors (Lipinski definition) is 8. The van der Waals surface area contributed by atoms with Crippen LogP contribution in [0.1, 0.15) is 40.1 Å². The van der Waals surface area contributed by atoms with Crippen LogP contribution >= 0.6 is 23.1 Å². The highest BCUT2D eigenvalue weighted by atomic mass is 32.2. The quantitative estimate of drug-likeness (QED) is 0.374. The number of carbonyl (C=O) groups excluding carboxylic acids is 3. The maximum atomic E-state index is 13.8. The number of para-hydroxylation sites is 1. The van der Waals surface area contributed by atoms with Crippen molar-refractivity contribution in [1.82, 2.24) is 4.98 Å². The summed E-state index contributed by atoms with van der Waals surface area (Å²) in [6, 6.07) is 13.6. The molecule has 1 aromatic heterocycles. The van der Waals surface area contributed by atoms with Gasteiger partial charge in [-0.25, -0.2) is 4.79 Å². The number of carbonyl (C=O) groups is 3. The molecular formula is C28H24N2O6S2. The highest BCUT2D eigenvalue weighted by Crippen LogP contribution is 2.69. The molecule has 8 nitrogen and oxygen atoms in total. The molecule has 2 saturated carbocycles. The summed E-state index contributed by atoms with van der Waals surface area (Å²) in [4.78, 5) is 57.0. The van der Waals surface area contributed by atoms with Crippen LogP contribution in [0.2, 0.25) is 0 Å². The molecule has 7 atom stereocenters. The molecule has 2 N–H and O–H groups in total. The number of hydrogen-bond donors (Lipinski definition) is 2. The number of fused-ring (bicyclic) bond motifs is 9. The summed E-state index contributed by atoms with van der Waals surface area (Å²) < 4.78 is 5.04. The lowest BCUT2D eigenvalue weighted by atomic mass is 9.68. The van der Waals surface area contributed by atoms with Gasteiger partial charge in [-0.3, -0.25) is 19.3 Å². The lowest BCUT2D eigenvalue weighted by Crippen LogP contribution is -2.42. The molecule has 2 amide bonds. The Morgan fingerprint density at radius 3 is 2.47 bits per heavy atom. The van der Waals surface area contributed by atoms with E-state index in [1.807, 2.05) is 12.1 Å². The second kappa shape index (κ2) is 8.57. The van der Waals surface area contributed by atoms with Gasteiger partial charge in [-0.1, -0.05) is 29.5 Å². The number of anilines is 1.